The van der Waals surface area contributed by atoms with Crippen LogP contribution >= 0.6 is 0 Å². The van der Waals surface area contributed by atoms with Gasteiger partial charge in [0.1, 0.15) is 11.8 Å². The summed E-state index contributed by atoms with van der Waals surface area (Å²) in [5, 5.41) is 1.10. The first-order valence-electron chi connectivity index (χ1n) is 7.84. The van der Waals surface area contributed by atoms with E-state index in [-0.39, 0.29) is 29.8 Å². The molecule has 0 bridgehead atoms. The van der Waals surface area contributed by atoms with Crippen molar-refractivity contribution in [1.82, 2.24) is 5.06 Å². The van der Waals surface area contributed by atoms with Crippen LogP contribution in [-0.2, 0) is 23.6 Å². The molecule has 0 aliphatic rings. The maximum atomic E-state index is 12.5. The lowest BCUT2D eigenvalue weighted by molar-refractivity contribution is -0.182. The number of nitrogens with zero attached hydrogens (tertiary/aromatic N) is 1. The predicted molar refractivity (Wildman–Crippen MR) is 91.1 cm³/mol. The molecule has 0 fully saturated rings. The van der Waals surface area contributed by atoms with Crippen LogP contribution in [0.3, 0.4) is 0 Å². The van der Waals surface area contributed by atoms with Gasteiger partial charge in [-0.15, -0.1) is 0 Å². The van der Waals surface area contributed by atoms with E-state index in [0.717, 1.165) is 0 Å². The molecule has 7 heteroatoms. The average Bonchev–Trinajstić information content (AvgIpc) is 2.42. The normalized spacial score (nSPS) is 12.7. The highest BCUT2D eigenvalue weighted by atomic mass is 28.4. The first-order chi connectivity index (χ1) is 10.3. The molecule has 0 N–H and O–H groups in total. The molecule has 1 amide bonds. The SMILES string of the molecule is COC(=O)CCCC(=O)N(O[Si](C)(C)C(C)(C)C)C(C)(C)C=O. The number of hydroxylamine groups is 2. The van der Waals surface area contributed by atoms with Gasteiger partial charge in [-0.2, -0.15) is 0 Å². The van der Waals surface area contributed by atoms with Crippen molar-refractivity contribution in [2.45, 2.75) is 77.6 Å². The molecule has 0 saturated heterocycles. The molecule has 0 aliphatic heterocycles. The molecule has 6 nitrogen and oxygen atoms in total. The molecule has 0 aromatic heterocycles. The van der Waals surface area contributed by atoms with Gasteiger partial charge in [-0.25, -0.2) is 5.06 Å². The van der Waals surface area contributed by atoms with Gasteiger partial charge in [0.05, 0.1) is 7.11 Å². The van der Waals surface area contributed by atoms with Crippen LogP contribution in [-0.4, -0.2) is 44.2 Å². The Hall–Kier alpha value is -1.21. The lowest BCUT2D eigenvalue weighted by atomic mass is 10.1. The Morgan fingerprint density at radius 1 is 1.09 bits per heavy atom. The highest BCUT2D eigenvalue weighted by molar-refractivity contribution is 6.74. The standard InChI is InChI=1S/C16H31NO5Si/c1-15(2,3)23(7,8)22-17(16(4,5)12-18)13(19)10-9-11-14(20)21-6/h12H,9-11H2,1-8H3. The van der Waals surface area contributed by atoms with E-state index < -0.39 is 13.9 Å². The summed E-state index contributed by atoms with van der Waals surface area (Å²) in [5.74, 6) is -0.653. The van der Waals surface area contributed by atoms with Crippen LogP contribution in [0.4, 0.5) is 0 Å². The Balaban J connectivity index is 5.14. The molecule has 0 aromatic carbocycles. The van der Waals surface area contributed by atoms with Gasteiger partial charge in [0.2, 0.25) is 14.2 Å². The predicted octanol–water partition coefficient (Wildman–Crippen LogP) is 3.07. The summed E-state index contributed by atoms with van der Waals surface area (Å²) in [5.41, 5.74) is -1.06. The minimum Gasteiger partial charge on any atom is -0.469 e. The number of hydrogen-bond acceptors (Lipinski definition) is 5. The number of amides is 1. The van der Waals surface area contributed by atoms with Crippen LogP contribution in [0.2, 0.25) is 18.1 Å². The maximum absolute atomic E-state index is 12.5. The topological polar surface area (TPSA) is 72.9 Å². The van der Waals surface area contributed by atoms with Crippen LogP contribution in [0.15, 0.2) is 0 Å². The minimum atomic E-state index is -2.27. The number of rotatable bonds is 8. The summed E-state index contributed by atoms with van der Waals surface area (Å²) in [4.78, 5) is 35.1. The summed E-state index contributed by atoms with van der Waals surface area (Å²) < 4.78 is 10.6. The highest BCUT2D eigenvalue weighted by Crippen LogP contribution is 2.38. The van der Waals surface area contributed by atoms with E-state index in [2.05, 4.69) is 25.5 Å². The smallest absolute Gasteiger partial charge is 0.305 e. The second-order valence-corrected chi connectivity index (χ2v) is 12.4. The molecule has 0 radical (unpaired) electrons. The van der Waals surface area contributed by atoms with E-state index >= 15 is 0 Å². The highest BCUT2D eigenvalue weighted by Gasteiger charge is 2.44. The zero-order valence-corrected chi connectivity index (χ0v) is 16.7. The molecule has 0 unspecified atom stereocenters. The Labute approximate surface area is 140 Å². The third-order valence-corrected chi connectivity index (χ3v) is 8.41. The zero-order valence-electron chi connectivity index (χ0n) is 15.7. The van der Waals surface area contributed by atoms with Crippen molar-refractivity contribution in [3.8, 4) is 0 Å². The van der Waals surface area contributed by atoms with Crippen molar-refractivity contribution < 1.29 is 23.6 Å². The van der Waals surface area contributed by atoms with E-state index in [1.807, 2.05) is 13.1 Å². The van der Waals surface area contributed by atoms with Crippen molar-refractivity contribution in [2.75, 3.05) is 7.11 Å². The largest absolute Gasteiger partial charge is 0.469 e. The molecular weight excluding hydrogens is 314 g/mol. The summed E-state index contributed by atoms with van der Waals surface area (Å²) in [6.45, 7) is 13.5. The Morgan fingerprint density at radius 2 is 1.61 bits per heavy atom. The second kappa shape index (κ2) is 8.05. The van der Waals surface area contributed by atoms with Gasteiger partial charge in [-0.05, 0) is 38.4 Å². The number of hydrogen-bond donors (Lipinski definition) is 0. The fourth-order valence-corrected chi connectivity index (χ4v) is 2.56. The monoisotopic (exact) mass is 345 g/mol. The minimum absolute atomic E-state index is 0.101. The first kappa shape index (κ1) is 21.8. The number of ether oxygens (including phenoxy) is 1. The molecule has 0 saturated carbocycles. The quantitative estimate of drug-likeness (QED) is 0.292. The molecule has 134 valence electrons. The van der Waals surface area contributed by atoms with Crippen molar-refractivity contribution in [1.29, 1.82) is 0 Å². The number of esters is 1. The first-order valence-corrected chi connectivity index (χ1v) is 10.7. The molecule has 0 aliphatic carbocycles. The molecule has 0 aromatic rings. The summed E-state index contributed by atoms with van der Waals surface area (Å²) in [7, 11) is -0.958. The number of aldehydes is 1. The summed E-state index contributed by atoms with van der Waals surface area (Å²) in [6.07, 6.45) is 1.36. The van der Waals surface area contributed by atoms with Crippen LogP contribution in [0.25, 0.3) is 0 Å². The maximum Gasteiger partial charge on any atom is 0.305 e. The van der Waals surface area contributed by atoms with E-state index in [9.17, 15) is 14.4 Å². The Morgan fingerprint density at radius 3 is 2.00 bits per heavy atom. The third kappa shape index (κ3) is 6.43. The van der Waals surface area contributed by atoms with Crippen LogP contribution in [0, 0.1) is 0 Å². The number of methoxy groups -OCH3 is 1. The summed E-state index contributed by atoms with van der Waals surface area (Å²) >= 11 is 0. The van der Waals surface area contributed by atoms with E-state index in [1.165, 1.54) is 12.2 Å². The van der Waals surface area contributed by atoms with Crippen molar-refractivity contribution in [3.63, 3.8) is 0 Å². The zero-order chi connectivity index (χ0) is 18.5. The van der Waals surface area contributed by atoms with Gasteiger partial charge in [0.15, 0.2) is 0 Å². The third-order valence-electron chi connectivity index (χ3n) is 4.16. The molecule has 0 heterocycles. The Bertz CT molecular complexity index is 440. The van der Waals surface area contributed by atoms with Gasteiger partial charge >= 0.3 is 5.97 Å². The second-order valence-electron chi connectivity index (χ2n) is 7.74. The van der Waals surface area contributed by atoms with Crippen LogP contribution in [0.1, 0.15) is 53.9 Å². The molecular formula is C16H31NO5Si. The average molecular weight is 346 g/mol. The fourth-order valence-electron chi connectivity index (χ4n) is 1.49. The van der Waals surface area contributed by atoms with Crippen LogP contribution < -0.4 is 0 Å². The molecule has 23 heavy (non-hydrogen) atoms. The lowest BCUT2D eigenvalue weighted by Crippen LogP contribution is -2.56. The van der Waals surface area contributed by atoms with Crippen molar-refractivity contribution in [3.05, 3.63) is 0 Å². The van der Waals surface area contributed by atoms with Gasteiger partial charge in [-0.1, -0.05) is 20.8 Å². The lowest BCUT2D eigenvalue weighted by Gasteiger charge is -2.43. The van der Waals surface area contributed by atoms with E-state index in [1.54, 1.807) is 13.8 Å². The van der Waals surface area contributed by atoms with Crippen molar-refractivity contribution in [2.24, 2.45) is 0 Å². The number of carbonyl (C=O) groups excluding carboxylic acids is 3. The van der Waals surface area contributed by atoms with Crippen molar-refractivity contribution >= 4 is 26.5 Å². The number of carbonyl (C=O) groups is 3. The summed E-state index contributed by atoms with van der Waals surface area (Å²) in [6, 6.07) is 0. The molecule has 0 atom stereocenters. The molecule has 0 spiro atoms. The van der Waals surface area contributed by atoms with Gasteiger partial charge < -0.3 is 14.1 Å². The van der Waals surface area contributed by atoms with Gasteiger partial charge in [0, 0.05) is 12.8 Å². The fraction of sp³-hybridized carbons (Fsp3) is 0.812. The molecule has 0 rings (SSSR count). The van der Waals surface area contributed by atoms with Crippen LogP contribution in [0.5, 0.6) is 0 Å². The Kier molecular flexibility index (Phi) is 7.63. The van der Waals surface area contributed by atoms with Gasteiger partial charge in [0.25, 0.3) is 0 Å². The van der Waals surface area contributed by atoms with E-state index in [4.69, 9.17) is 4.53 Å². The van der Waals surface area contributed by atoms with E-state index in [0.29, 0.717) is 12.7 Å². The van der Waals surface area contributed by atoms with Gasteiger partial charge in [-0.3, -0.25) is 9.59 Å².